The van der Waals surface area contributed by atoms with E-state index in [1.807, 2.05) is 0 Å². The van der Waals surface area contributed by atoms with Crippen molar-refractivity contribution in [3.63, 3.8) is 0 Å². The third-order valence-corrected chi connectivity index (χ3v) is 3.89. The predicted octanol–water partition coefficient (Wildman–Crippen LogP) is 0.134. The Morgan fingerprint density at radius 2 is 1.42 bits per heavy atom. The number of carbonyl (C=O) groups is 1. The van der Waals surface area contributed by atoms with Crippen LogP contribution in [0.2, 0.25) is 0 Å². The van der Waals surface area contributed by atoms with Crippen LogP contribution in [0.1, 0.15) is 13.8 Å². The summed E-state index contributed by atoms with van der Waals surface area (Å²) in [6.07, 6.45) is 0.115. The smallest absolute Gasteiger partial charge is 0.233 e. The summed E-state index contributed by atoms with van der Waals surface area (Å²) < 4.78 is 0. The van der Waals surface area contributed by atoms with Gasteiger partial charge < -0.3 is 5.11 Å². The molecule has 0 atom stereocenters. The summed E-state index contributed by atoms with van der Waals surface area (Å²) >= 11 is 0. The first-order valence-electron chi connectivity index (χ1n) is 3.36. The minimum atomic E-state index is -4.10. The Labute approximate surface area is 72.6 Å². The molecule has 4 N–H and O–H groups in total. The summed E-state index contributed by atoms with van der Waals surface area (Å²) in [5.41, 5.74) is 0. The molecular formula is C5H14BO5P. The standard InChI is InChI=1S/C4H13O3P.CHBO2/c1-3-8(5,6,7)4-2;2-1(3)4/h5-7H,3-4H2,1-2H3;(H,3,4). The van der Waals surface area contributed by atoms with Crippen molar-refractivity contribution in [2.75, 3.05) is 12.3 Å². The normalized spacial score (nSPS) is 13.6. The van der Waals surface area contributed by atoms with Gasteiger partial charge in [0.1, 0.15) is 0 Å². The topological polar surface area (TPSA) is 98.0 Å². The van der Waals surface area contributed by atoms with Crippen LogP contribution in [0.25, 0.3) is 0 Å². The summed E-state index contributed by atoms with van der Waals surface area (Å²) in [6, 6.07) is 0. The van der Waals surface area contributed by atoms with E-state index in [2.05, 4.69) is 7.85 Å². The van der Waals surface area contributed by atoms with Gasteiger partial charge >= 0.3 is 48.1 Å². The van der Waals surface area contributed by atoms with Gasteiger partial charge in [-0.25, -0.2) is 0 Å². The zero-order valence-electron chi connectivity index (χ0n) is 7.14. The SMILES string of the molecule is CCP(O)(O)(O)CC.[B]C(=O)O. The summed E-state index contributed by atoms with van der Waals surface area (Å²) in [5, 5.41) is 7.19. The van der Waals surface area contributed by atoms with Gasteiger partial charge in [0.2, 0.25) is 13.7 Å². The molecule has 0 bridgehead atoms. The number of hydrogen-bond donors (Lipinski definition) is 4. The second kappa shape index (κ2) is 4.77. The third kappa shape index (κ3) is 12.5. The average Bonchev–Trinajstić information content (AvgIpc) is 1.87. The first kappa shape index (κ1) is 14.4. The van der Waals surface area contributed by atoms with Crippen LogP contribution in [0, 0.1) is 0 Å². The number of rotatable bonds is 2. The van der Waals surface area contributed by atoms with Crippen LogP contribution in [0.15, 0.2) is 0 Å². The molecule has 0 saturated heterocycles. The van der Waals surface area contributed by atoms with E-state index in [0.717, 1.165) is 0 Å². The molecule has 0 heterocycles. The maximum atomic E-state index is 8.84. The van der Waals surface area contributed by atoms with E-state index >= 15 is 0 Å². The fourth-order valence-electron chi connectivity index (χ4n) is 0.224. The molecule has 0 aliphatic rings. The molecule has 0 amide bonds. The van der Waals surface area contributed by atoms with Crippen LogP contribution in [-0.4, -0.2) is 45.8 Å². The van der Waals surface area contributed by atoms with Crippen LogP contribution < -0.4 is 0 Å². The summed E-state index contributed by atoms with van der Waals surface area (Å²) in [4.78, 5) is 35.3. The molecule has 0 spiro atoms. The molecule has 0 fully saturated rings. The first-order valence-corrected chi connectivity index (χ1v) is 5.83. The largest absolute Gasteiger partial charge is 0.490 e. The molecular weight excluding hydrogens is 182 g/mol. The Hall–Kier alpha value is -0.155. The van der Waals surface area contributed by atoms with Gasteiger partial charge in [-0.3, -0.25) is 4.79 Å². The minimum Gasteiger partial charge on any atom is -0.490 e. The van der Waals surface area contributed by atoms with Crippen molar-refractivity contribution in [1.82, 2.24) is 0 Å². The van der Waals surface area contributed by atoms with Crippen molar-refractivity contribution >= 4 is 21.0 Å². The van der Waals surface area contributed by atoms with Crippen molar-refractivity contribution in [2.24, 2.45) is 0 Å². The van der Waals surface area contributed by atoms with E-state index in [1.54, 1.807) is 13.8 Å². The van der Waals surface area contributed by atoms with Gasteiger partial charge in [0, 0.05) is 0 Å². The molecule has 72 valence electrons. The maximum Gasteiger partial charge on any atom is 0.233 e. The fraction of sp³-hybridized carbons (Fsp3) is 0.800. The third-order valence-electron chi connectivity index (χ3n) is 1.30. The summed E-state index contributed by atoms with van der Waals surface area (Å²) in [6.45, 7) is 3.11. The second-order valence-electron chi connectivity index (χ2n) is 2.31. The van der Waals surface area contributed by atoms with Crippen LogP contribution in [-0.2, 0) is 0 Å². The number of hydrogen-bond acceptors (Lipinski definition) is 4. The monoisotopic (exact) mass is 196 g/mol. The van der Waals surface area contributed by atoms with Crippen LogP contribution in [0.3, 0.4) is 0 Å². The Morgan fingerprint density at radius 1 is 1.25 bits per heavy atom. The van der Waals surface area contributed by atoms with E-state index in [9.17, 15) is 0 Å². The molecule has 5 nitrogen and oxygen atoms in total. The first-order chi connectivity index (χ1) is 5.12. The minimum absolute atomic E-state index is 0.0576. The molecule has 0 aromatic rings. The predicted molar refractivity (Wildman–Crippen MR) is 48.4 cm³/mol. The Balaban J connectivity index is 0. The second-order valence-corrected chi connectivity index (χ2v) is 6.26. The average molecular weight is 196 g/mol. The molecule has 0 aromatic carbocycles. The van der Waals surface area contributed by atoms with Crippen molar-refractivity contribution < 1.29 is 24.6 Å². The van der Waals surface area contributed by atoms with Crippen molar-refractivity contribution in [2.45, 2.75) is 13.8 Å². The fourth-order valence-corrected chi connectivity index (χ4v) is 0.671. The van der Waals surface area contributed by atoms with Crippen molar-refractivity contribution in [1.29, 1.82) is 0 Å². The molecule has 0 aliphatic carbocycles. The molecule has 0 aromatic heterocycles. The van der Waals surface area contributed by atoms with Crippen molar-refractivity contribution in [3.05, 3.63) is 0 Å². The van der Waals surface area contributed by atoms with E-state index in [-0.39, 0.29) is 12.3 Å². The molecule has 7 heteroatoms. The molecule has 2 radical (unpaired) electrons. The van der Waals surface area contributed by atoms with Crippen LogP contribution in [0.4, 0.5) is 4.79 Å². The van der Waals surface area contributed by atoms with E-state index in [4.69, 9.17) is 24.6 Å². The van der Waals surface area contributed by atoms with Gasteiger partial charge in [0.05, 0.1) is 0 Å². The molecule has 0 unspecified atom stereocenters. The van der Waals surface area contributed by atoms with Gasteiger partial charge in [0.25, 0.3) is 0 Å². The summed E-state index contributed by atoms with van der Waals surface area (Å²) in [5.74, 6) is -1.33. The summed E-state index contributed by atoms with van der Waals surface area (Å²) in [7, 11) is -0.0735. The molecule has 12 heavy (non-hydrogen) atoms. The maximum absolute atomic E-state index is 8.84. The van der Waals surface area contributed by atoms with Crippen LogP contribution >= 0.6 is 7.28 Å². The number of carboxylic acid groups (broad SMARTS) is 1. The zero-order chi connectivity index (χ0) is 10.4. The van der Waals surface area contributed by atoms with Gasteiger partial charge in [-0.15, -0.1) is 0 Å². The van der Waals surface area contributed by atoms with E-state index in [1.165, 1.54) is 0 Å². The molecule has 0 saturated carbocycles. The Morgan fingerprint density at radius 3 is 1.42 bits per heavy atom. The van der Waals surface area contributed by atoms with Gasteiger partial charge in [-0.1, -0.05) is 0 Å². The van der Waals surface area contributed by atoms with E-state index in [0.29, 0.717) is 0 Å². The van der Waals surface area contributed by atoms with Crippen LogP contribution in [0.5, 0.6) is 0 Å². The molecule has 0 aliphatic heterocycles. The van der Waals surface area contributed by atoms with Gasteiger partial charge in [0.15, 0.2) is 0 Å². The van der Waals surface area contributed by atoms with Gasteiger partial charge in [-0.2, -0.15) is 0 Å². The molecule has 0 rings (SSSR count). The Kier molecular flexibility index (Phi) is 5.71. The Bertz CT molecular complexity index is 140. The van der Waals surface area contributed by atoms with Crippen molar-refractivity contribution in [3.8, 4) is 0 Å². The van der Waals surface area contributed by atoms with E-state index < -0.39 is 13.2 Å². The quantitative estimate of drug-likeness (QED) is 0.371. The zero-order valence-corrected chi connectivity index (χ0v) is 8.03. The van der Waals surface area contributed by atoms with Gasteiger partial charge in [-0.05, 0) is 0 Å².